The summed E-state index contributed by atoms with van der Waals surface area (Å²) in [6.45, 7) is 4.24. The Labute approximate surface area is 170 Å². The minimum Gasteiger partial charge on any atom is -0.497 e. The molecule has 0 aliphatic heterocycles. The van der Waals surface area contributed by atoms with Crippen molar-refractivity contribution in [1.29, 1.82) is 5.26 Å². The molecule has 0 spiro atoms. The van der Waals surface area contributed by atoms with Crippen molar-refractivity contribution in [3.63, 3.8) is 0 Å². The molecule has 0 aliphatic carbocycles. The number of ether oxygens (including phenoxy) is 1. The summed E-state index contributed by atoms with van der Waals surface area (Å²) < 4.78 is 33.1. The molecule has 3 aromatic rings. The fourth-order valence-electron chi connectivity index (χ4n) is 3.03. The number of benzene rings is 2. The van der Waals surface area contributed by atoms with Crippen LogP contribution in [-0.2, 0) is 16.6 Å². The maximum Gasteiger partial charge on any atom is 0.232 e. The van der Waals surface area contributed by atoms with Crippen molar-refractivity contribution in [2.24, 2.45) is 0 Å². The van der Waals surface area contributed by atoms with Gasteiger partial charge in [0.25, 0.3) is 0 Å². The molecule has 7 heteroatoms. The van der Waals surface area contributed by atoms with Crippen molar-refractivity contribution in [3.8, 4) is 23.7 Å². The minimum absolute atomic E-state index is 0.0118. The lowest BCUT2D eigenvalue weighted by Gasteiger charge is -2.05. The Bertz CT molecular complexity index is 1260. The molecule has 3 rings (SSSR count). The van der Waals surface area contributed by atoms with Crippen LogP contribution in [0.25, 0.3) is 10.9 Å². The van der Waals surface area contributed by atoms with E-state index in [4.69, 9.17) is 4.74 Å². The van der Waals surface area contributed by atoms with Crippen LogP contribution in [0.4, 0.5) is 5.69 Å². The first kappa shape index (κ1) is 20.3. The quantitative estimate of drug-likeness (QED) is 0.654. The summed E-state index contributed by atoms with van der Waals surface area (Å²) >= 11 is 0. The summed E-state index contributed by atoms with van der Waals surface area (Å²) in [5.74, 6) is 6.92. The molecule has 0 aliphatic rings. The third-order valence-corrected chi connectivity index (χ3v) is 5.87. The number of methoxy groups -OCH3 is 1. The van der Waals surface area contributed by atoms with Crippen LogP contribution in [0.1, 0.15) is 30.7 Å². The van der Waals surface area contributed by atoms with Crippen LogP contribution in [0, 0.1) is 23.2 Å². The second-order valence-corrected chi connectivity index (χ2v) is 8.31. The molecule has 0 radical (unpaired) electrons. The summed E-state index contributed by atoms with van der Waals surface area (Å²) in [6.07, 6.45) is 0. The third kappa shape index (κ3) is 4.21. The molecule has 0 atom stereocenters. The van der Waals surface area contributed by atoms with Crippen molar-refractivity contribution in [2.45, 2.75) is 20.4 Å². The van der Waals surface area contributed by atoms with Crippen LogP contribution >= 0.6 is 0 Å². The summed E-state index contributed by atoms with van der Waals surface area (Å²) in [7, 11) is -1.71. The van der Waals surface area contributed by atoms with E-state index in [9.17, 15) is 13.7 Å². The highest BCUT2D eigenvalue weighted by molar-refractivity contribution is 7.92. The lowest BCUT2D eigenvalue weighted by molar-refractivity contribution is 0.415. The Kier molecular flexibility index (Phi) is 5.81. The highest BCUT2D eigenvalue weighted by Gasteiger charge is 2.15. The smallest absolute Gasteiger partial charge is 0.232 e. The standard InChI is InChI=1S/C22H21N3O3S/c1-4-25-21(20(15-23)19-12-11-18(28-3)14-22(19)25)13-8-16-6-9-17(10-7-16)24-29(26,27)5-2/h6-7,9-12,14,24H,4-5H2,1-3H3. The molecule has 6 nitrogen and oxygen atoms in total. The second-order valence-electron chi connectivity index (χ2n) is 6.30. The molecule has 0 fully saturated rings. The van der Waals surface area contributed by atoms with E-state index in [1.165, 1.54) is 0 Å². The lowest BCUT2D eigenvalue weighted by Crippen LogP contribution is -2.14. The van der Waals surface area contributed by atoms with E-state index in [2.05, 4.69) is 22.6 Å². The van der Waals surface area contributed by atoms with Gasteiger partial charge >= 0.3 is 0 Å². The number of nitrogens with zero attached hydrogens (tertiary/aromatic N) is 2. The van der Waals surface area contributed by atoms with Crippen molar-refractivity contribution in [1.82, 2.24) is 4.57 Å². The molecule has 0 unspecified atom stereocenters. The number of aryl methyl sites for hydroxylation is 1. The zero-order valence-corrected chi connectivity index (χ0v) is 17.3. The fourth-order valence-corrected chi connectivity index (χ4v) is 3.67. The predicted octanol–water partition coefficient (Wildman–Crippen LogP) is 3.70. The predicted molar refractivity (Wildman–Crippen MR) is 114 cm³/mol. The number of fused-ring (bicyclic) bond motifs is 1. The third-order valence-electron chi connectivity index (χ3n) is 4.56. The average molecular weight is 407 g/mol. The van der Waals surface area contributed by atoms with Gasteiger partial charge in [-0.1, -0.05) is 5.92 Å². The van der Waals surface area contributed by atoms with E-state index >= 15 is 0 Å². The highest BCUT2D eigenvalue weighted by atomic mass is 32.2. The highest BCUT2D eigenvalue weighted by Crippen LogP contribution is 2.28. The van der Waals surface area contributed by atoms with Gasteiger partial charge in [-0.3, -0.25) is 4.72 Å². The van der Waals surface area contributed by atoms with Crippen molar-refractivity contribution in [3.05, 3.63) is 59.3 Å². The number of rotatable bonds is 5. The maximum atomic E-state index is 11.7. The first-order valence-electron chi connectivity index (χ1n) is 9.15. The number of nitriles is 1. The molecular weight excluding hydrogens is 386 g/mol. The van der Waals surface area contributed by atoms with Crippen molar-refractivity contribution < 1.29 is 13.2 Å². The monoisotopic (exact) mass is 407 g/mol. The molecule has 2 aromatic carbocycles. The van der Waals surface area contributed by atoms with Gasteiger partial charge in [0.15, 0.2) is 0 Å². The molecule has 1 heterocycles. The van der Waals surface area contributed by atoms with Gasteiger partial charge < -0.3 is 9.30 Å². The molecule has 148 valence electrons. The van der Waals surface area contributed by atoms with Crippen LogP contribution in [0.2, 0.25) is 0 Å². The zero-order chi connectivity index (χ0) is 21.0. The number of hydrogen-bond donors (Lipinski definition) is 1. The van der Waals surface area contributed by atoms with Crippen LogP contribution < -0.4 is 9.46 Å². The van der Waals surface area contributed by atoms with Gasteiger partial charge in [-0.2, -0.15) is 5.26 Å². The van der Waals surface area contributed by atoms with Crippen LogP contribution in [-0.4, -0.2) is 25.8 Å². The van der Waals surface area contributed by atoms with Gasteiger partial charge in [-0.15, -0.1) is 0 Å². The number of anilines is 1. The molecule has 29 heavy (non-hydrogen) atoms. The van der Waals surface area contributed by atoms with Gasteiger partial charge in [-0.25, -0.2) is 8.42 Å². The van der Waals surface area contributed by atoms with Gasteiger partial charge in [0, 0.05) is 29.2 Å². The van der Waals surface area contributed by atoms with Crippen LogP contribution in [0.3, 0.4) is 0 Å². The maximum absolute atomic E-state index is 11.7. The molecule has 1 aromatic heterocycles. The Morgan fingerprint density at radius 2 is 1.83 bits per heavy atom. The summed E-state index contributed by atoms with van der Waals surface area (Å²) in [5.41, 5.74) is 3.29. The minimum atomic E-state index is -3.31. The number of nitrogens with one attached hydrogen (secondary N) is 1. The Morgan fingerprint density at radius 3 is 2.41 bits per heavy atom. The van der Waals surface area contributed by atoms with Crippen LogP contribution in [0.15, 0.2) is 42.5 Å². The van der Waals surface area contributed by atoms with E-state index in [-0.39, 0.29) is 5.75 Å². The summed E-state index contributed by atoms with van der Waals surface area (Å²) in [4.78, 5) is 0. The zero-order valence-electron chi connectivity index (χ0n) is 16.5. The molecule has 0 bridgehead atoms. The van der Waals surface area contributed by atoms with Crippen LogP contribution in [0.5, 0.6) is 5.75 Å². The van der Waals surface area contributed by atoms with Gasteiger partial charge in [0.1, 0.15) is 17.5 Å². The van der Waals surface area contributed by atoms with Crippen molar-refractivity contribution in [2.75, 3.05) is 17.6 Å². The van der Waals surface area contributed by atoms with E-state index in [1.54, 1.807) is 38.3 Å². The topological polar surface area (TPSA) is 84.1 Å². The lowest BCUT2D eigenvalue weighted by atomic mass is 10.1. The summed E-state index contributed by atoms with van der Waals surface area (Å²) in [5, 5.41) is 10.5. The normalized spacial score (nSPS) is 10.8. The largest absolute Gasteiger partial charge is 0.497 e. The first-order chi connectivity index (χ1) is 13.9. The van der Waals surface area contributed by atoms with Gasteiger partial charge in [0.2, 0.25) is 10.0 Å². The summed E-state index contributed by atoms with van der Waals surface area (Å²) in [6, 6.07) is 14.7. The fraction of sp³-hybridized carbons (Fsp3) is 0.227. The molecule has 0 saturated heterocycles. The molecular formula is C22H21N3O3S. The number of aromatic nitrogens is 1. The Balaban J connectivity index is 2.01. The van der Waals surface area contributed by atoms with E-state index in [0.717, 1.165) is 22.2 Å². The molecule has 1 N–H and O–H groups in total. The van der Waals surface area contributed by atoms with Gasteiger partial charge in [0.05, 0.1) is 23.9 Å². The Hall–Kier alpha value is -3.42. The number of sulfonamides is 1. The van der Waals surface area contributed by atoms with E-state index < -0.39 is 10.0 Å². The Morgan fingerprint density at radius 1 is 1.10 bits per heavy atom. The van der Waals surface area contributed by atoms with E-state index in [0.29, 0.717) is 23.5 Å². The first-order valence-corrected chi connectivity index (χ1v) is 10.8. The molecule has 0 amide bonds. The van der Waals surface area contributed by atoms with E-state index in [1.807, 2.05) is 29.7 Å². The molecule has 0 saturated carbocycles. The van der Waals surface area contributed by atoms with Crippen molar-refractivity contribution >= 4 is 26.6 Å². The average Bonchev–Trinajstić information content (AvgIpc) is 3.04. The number of hydrogen-bond acceptors (Lipinski definition) is 4. The second kappa shape index (κ2) is 8.30. The van der Waals surface area contributed by atoms with Gasteiger partial charge in [-0.05, 0) is 56.2 Å². The SMILES string of the molecule is CCn1c(C#Cc2ccc(NS(=O)(=O)CC)cc2)c(C#N)c2ccc(OC)cc21.